The first-order valence-electron chi connectivity index (χ1n) is 4.22. The van der Waals surface area contributed by atoms with Gasteiger partial charge >= 0.3 is 0 Å². The lowest BCUT2D eigenvalue weighted by atomic mass is 10.2. The van der Waals surface area contributed by atoms with E-state index in [1.54, 1.807) is 6.07 Å². The SMILES string of the molecule is C/C=C\c1oc(=N)ccc1/C=C/C. The Morgan fingerprint density at radius 3 is 2.46 bits per heavy atom. The molecule has 0 aliphatic heterocycles. The van der Waals surface area contributed by atoms with E-state index in [2.05, 4.69) is 0 Å². The Bertz CT molecular complexity index is 385. The van der Waals surface area contributed by atoms with Gasteiger partial charge in [-0.25, -0.2) is 0 Å². The monoisotopic (exact) mass is 175 g/mol. The van der Waals surface area contributed by atoms with E-state index in [1.807, 2.05) is 44.2 Å². The minimum Gasteiger partial charge on any atom is -0.439 e. The Kier molecular flexibility index (Phi) is 3.26. The van der Waals surface area contributed by atoms with Crippen molar-refractivity contribution in [3.8, 4) is 0 Å². The van der Waals surface area contributed by atoms with E-state index in [0.29, 0.717) is 0 Å². The summed E-state index contributed by atoms with van der Waals surface area (Å²) in [6.45, 7) is 3.87. The zero-order valence-corrected chi connectivity index (χ0v) is 7.87. The van der Waals surface area contributed by atoms with Gasteiger partial charge in [0.1, 0.15) is 5.76 Å². The van der Waals surface area contributed by atoms with Gasteiger partial charge in [0.25, 0.3) is 0 Å². The normalized spacial score (nSPS) is 11.5. The fourth-order valence-electron chi connectivity index (χ4n) is 1.06. The van der Waals surface area contributed by atoms with Crippen LogP contribution in [0.3, 0.4) is 0 Å². The molecule has 0 fully saturated rings. The molecule has 2 nitrogen and oxygen atoms in total. The highest BCUT2D eigenvalue weighted by Crippen LogP contribution is 2.09. The molecule has 2 heteroatoms. The molecule has 13 heavy (non-hydrogen) atoms. The number of allylic oxidation sites excluding steroid dienone is 2. The maximum atomic E-state index is 7.32. The molecule has 0 spiro atoms. The first-order valence-corrected chi connectivity index (χ1v) is 4.22. The van der Waals surface area contributed by atoms with Crippen LogP contribution in [0.15, 0.2) is 28.7 Å². The number of hydrogen-bond acceptors (Lipinski definition) is 2. The van der Waals surface area contributed by atoms with Gasteiger partial charge in [0.2, 0.25) is 5.55 Å². The quantitative estimate of drug-likeness (QED) is 0.737. The first-order chi connectivity index (χ1) is 6.27. The van der Waals surface area contributed by atoms with E-state index in [1.165, 1.54) is 0 Å². The van der Waals surface area contributed by atoms with Crippen molar-refractivity contribution >= 4 is 12.2 Å². The van der Waals surface area contributed by atoms with Crippen LogP contribution in [-0.2, 0) is 0 Å². The van der Waals surface area contributed by atoms with E-state index in [0.717, 1.165) is 11.3 Å². The Morgan fingerprint density at radius 1 is 1.15 bits per heavy atom. The second-order valence-corrected chi connectivity index (χ2v) is 2.62. The minimum atomic E-state index is 0.182. The lowest BCUT2D eigenvalue weighted by Crippen LogP contribution is -1.98. The molecule has 1 heterocycles. The van der Waals surface area contributed by atoms with Gasteiger partial charge in [0.05, 0.1) is 0 Å². The third-order valence-corrected chi connectivity index (χ3v) is 1.58. The smallest absolute Gasteiger partial charge is 0.211 e. The standard InChI is InChI=1S/C11H13NO/c1-3-5-9-7-8-11(12)13-10(9)6-4-2/h3-8,12H,1-2H3/b5-3+,6-4-,12-11?. The summed E-state index contributed by atoms with van der Waals surface area (Å²) in [6, 6.07) is 3.52. The molecule has 0 aliphatic rings. The average Bonchev–Trinajstić information content (AvgIpc) is 2.10. The highest BCUT2D eigenvalue weighted by atomic mass is 16.3. The molecule has 1 aromatic heterocycles. The van der Waals surface area contributed by atoms with Gasteiger partial charge in [0.15, 0.2) is 0 Å². The summed E-state index contributed by atoms with van der Waals surface area (Å²) in [5.74, 6) is 0.730. The topological polar surface area (TPSA) is 37.0 Å². The van der Waals surface area contributed by atoms with Gasteiger partial charge in [-0.05, 0) is 26.0 Å². The molecular weight excluding hydrogens is 162 g/mol. The van der Waals surface area contributed by atoms with Gasteiger partial charge in [0, 0.05) is 11.6 Å². The second kappa shape index (κ2) is 4.45. The first kappa shape index (κ1) is 9.52. The van der Waals surface area contributed by atoms with Crippen LogP contribution in [-0.4, -0.2) is 0 Å². The van der Waals surface area contributed by atoms with Crippen molar-refractivity contribution in [2.75, 3.05) is 0 Å². The summed E-state index contributed by atoms with van der Waals surface area (Å²) in [5.41, 5.74) is 1.18. The molecule has 1 aromatic rings. The van der Waals surface area contributed by atoms with E-state index in [4.69, 9.17) is 9.83 Å². The molecule has 1 rings (SSSR count). The molecule has 0 bridgehead atoms. The van der Waals surface area contributed by atoms with Gasteiger partial charge in [-0.3, -0.25) is 5.41 Å². The maximum Gasteiger partial charge on any atom is 0.211 e. The minimum absolute atomic E-state index is 0.182. The molecule has 0 atom stereocenters. The summed E-state index contributed by atoms with van der Waals surface area (Å²) in [4.78, 5) is 0. The summed E-state index contributed by atoms with van der Waals surface area (Å²) in [6.07, 6.45) is 7.65. The Hall–Kier alpha value is -1.57. The molecule has 0 saturated heterocycles. The summed E-state index contributed by atoms with van der Waals surface area (Å²) < 4.78 is 5.23. The largest absolute Gasteiger partial charge is 0.439 e. The van der Waals surface area contributed by atoms with Crippen LogP contribution in [0.5, 0.6) is 0 Å². The predicted octanol–water partition coefficient (Wildman–Crippen LogP) is 2.83. The zero-order valence-electron chi connectivity index (χ0n) is 7.87. The van der Waals surface area contributed by atoms with Crippen molar-refractivity contribution in [2.24, 2.45) is 0 Å². The average molecular weight is 175 g/mol. The second-order valence-electron chi connectivity index (χ2n) is 2.62. The summed E-state index contributed by atoms with van der Waals surface area (Å²) in [5, 5.41) is 7.32. The lowest BCUT2D eigenvalue weighted by Gasteiger charge is -1.98. The third kappa shape index (κ3) is 2.44. The highest BCUT2D eigenvalue weighted by Gasteiger charge is 1.96. The molecule has 68 valence electrons. The summed E-state index contributed by atoms with van der Waals surface area (Å²) in [7, 11) is 0. The Balaban J connectivity index is 3.26. The number of hydrogen-bond donors (Lipinski definition) is 1. The van der Waals surface area contributed by atoms with Gasteiger partial charge in [-0.2, -0.15) is 0 Å². The molecule has 0 amide bonds. The summed E-state index contributed by atoms with van der Waals surface area (Å²) >= 11 is 0. The van der Waals surface area contributed by atoms with Gasteiger partial charge in [-0.1, -0.05) is 18.2 Å². The van der Waals surface area contributed by atoms with Crippen LogP contribution < -0.4 is 5.55 Å². The molecule has 0 saturated carbocycles. The van der Waals surface area contributed by atoms with Crippen LogP contribution in [0, 0.1) is 5.41 Å². The van der Waals surface area contributed by atoms with Crippen molar-refractivity contribution in [2.45, 2.75) is 13.8 Å². The molecule has 1 N–H and O–H groups in total. The maximum absolute atomic E-state index is 7.32. The van der Waals surface area contributed by atoms with Crippen molar-refractivity contribution in [1.82, 2.24) is 0 Å². The predicted molar refractivity (Wildman–Crippen MR) is 54.0 cm³/mol. The van der Waals surface area contributed by atoms with Crippen LogP contribution in [0.1, 0.15) is 25.2 Å². The molecule has 0 aromatic carbocycles. The van der Waals surface area contributed by atoms with Crippen molar-refractivity contribution in [3.05, 3.63) is 41.2 Å². The highest BCUT2D eigenvalue weighted by molar-refractivity contribution is 5.60. The molecule has 0 radical (unpaired) electrons. The molecular formula is C11H13NO. The van der Waals surface area contributed by atoms with E-state index in [9.17, 15) is 0 Å². The van der Waals surface area contributed by atoms with Crippen LogP contribution >= 0.6 is 0 Å². The van der Waals surface area contributed by atoms with E-state index in [-0.39, 0.29) is 5.55 Å². The van der Waals surface area contributed by atoms with Crippen LogP contribution in [0.4, 0.5) is 0 Å². The van der Waals surface area contributed by atoms with E-state index < -0.39 is 0 Å². The zero-order chi connectivity index (χ0) is 9.68. The number of nitrogens with one attached hydrogen (secondary N) is 1. The number of rotatable bonds is 2. The van der Waals surface area contributed by atoms with Gasteiger partial charge < -0.3 is 4.42 Å². The van der Waals surface area contributed by atoms with Crippen LogP contribution in [0.25, 0.3) is 12.2 Å². The van der Waals surface area contributed by atoms with Crippen molar-refractivity contribution in [3.63, 3.8) is 0 Å². The van der Waals surface area contributed by atoms with Crippen molar-refractivity contribution in [1.29, 1.82) is 5.41 Å². The third-order valence-electron chi connectivity index (χ3n) is 1.58. The fraction of sp³-hybridized carbons (Fsp3) is 0.182. The molecule has 0 aliphatic carbocycles. The Morgan fingerprint density at radius 2 is 1.85 bits per heavy atom. The van der Waals surface area contributed by atoms with Gasteiger partial charge in [-0.15, -0.1) is 0 Å². The van der Waals surface area contributed by atoms with Crippen molar-refractivity contribution < 1.29 is 4.42 Å². The lowest BCUT2D eigenvalue weighted by molar-refractivity contribution is 0.476. The van der Waals surface area contributed by atoms with E-state index >= 15 is 0 Å². The molecule has 0 unspecified atom stereocenters. The fourth-order valence-corrected chi connectivity index (χ4v) is 1.06. The van der Waals surface area contributed by atoms with Crippen LogP contribution in [0.2, 0.25) is 0 Å². The Labute approximate surface area is 77.7 Å².